The third-order valence-corrected chi connectivity index (χ3v) is 5.82. The number of benzene rings is 2. The lowest BCUT2D eigenvalue weighted by atomic mass is 9.63. The lowest BCUT2D eigenvalue weighted by Crippen LogP contribution is -2.51. The number of anilines is 1. The second-order valence-corrected chi connectivity index (χ2v) is 8.44. The van der Waals surface area contributed by atoms with Gasteiger partial charge in [0.05, 0.1) is 17.6 Å². The first kappa shape index (κ1) is 21.6. The third kappa shape index (κ3) is 4.27. The van der Waals surface area contributed by atoms with E-state index in [-0.39, 0.29) is 25.0 Å². The molecule has 0 aliphatic carbocycles. The Labute approximate surface area is 180 Å². The average Bonchev–Trinajstić information content (AvgIpc) is 2.79. The van der Waals surface area contributed by atoms with Gasteiger partial charge in [-0.25, -0.2) is 0 Å². The lowest BCUT2D eigenvalue weighted by Gasteiger charge is -2.42. The first-order chi connectivity index (χ1) is 13.8. The number of nitrogen functional groups attached to an aromatic ring is 1. The van der Waals surface area contributed by atoms with Crippen molar-refractivity contribution in [3.05, 3.63) is 63.6 Å². The van der Waals surface area contributed by atoms with Crippen LogP contribution in [0, 0.1) is 0 Å². The van der Waals surface area contributed by atoms with Gasteiger partial charge in [0, 0.05) is 34.6 Å². The van der Waals surface area contributed by atoms with Crippen molar-refractivity contribution in [2.24, 2.45) is 0 Å². The van der Waals surface area contributed by atoms with Crippen molar-refractivity contribution in [2.45, 2.75) is 43.8 Å². The number of amides is 1. The SMILES string of the molecule is CC(C)O[C@@H]1CNC(=O)C[C@H](c2cccc(Cl)c2)[C@]1(C=O)c1ccc(Cl)cc1N. The fraction of sp³-hybridized carbons (Fsp3) is 0.364. The van der Waals surface area contributed by atoms with E-state index in [1.54, 1.807) is 36.4 Å². The number of hydrogen-bond acceptors (Lipinski definition) is 4. The van der Waals surface area contributed by atoms with Crippen molar-refractivity contribution in [2.75, 3.05) is 12.3 Å². The summed E-state index contributed by atoms with van der Waals surface area (Å²) >= 11 is 12.3. The summed E-state index contributed by atoms with van der Waals surface area (Å²) in [4.78, 5) is 25.5. The number of carbonyl (C=O) groups excluding carboxylic acids is 2. The summed E-state index contributed by atoms with van der Waals surface area (Å²) < 4.78 is 6.18. The van der Waals surface area contributed by atoms with Gasteiger partial charge in [-0.3, -0.25) is 4.79 Å². The van der Waals surface area contributed by atoms with Crippen molar-refractivity contribution >= 4 is 41.1 Å². The van der Waals surface area contributed by atoms with Gasteiger partial charge >= 0.3 is 0 Å². The van der Waals surface area contributed by atoms with E-state index in [9.17, 15) is 9.59 Å². The predicted octanol–water partition coefficient (Wildman–Crippen LogP) is 4.11. The van der Waals surface area contributed by atoms with Crippen molar-refractivity contribution < 1.29 is 14.3 Å². The van der Waals surface area contributed by atoms with Gasteiger partial charge in [-0.1, -0.05) is 41.4 Å². The zero-order chi connectivity index (χ0) is 21.2. The topological polar surface area (TPSA) is 81.4 Å². The molecule has 0 aromatic heterocycles. The summed E-state index contributed by atoms with van der Waals surface area (Å²) in [7, 11) is 0. The van der Waals surface area contributed by atoms with Crippen LogP contribution in [-0.2, 0) is 19.7 Å². The van der Waals surface area contributed by atoms with E-state index in [1.807, 2.05) is 19.9 Å². The molecule has 2 aromatic rings. The van der Waals surface area contributed by atoms with Crippen LogP contribution in [0.2, 0.25) is 10.0 Å². The van der Waals surface area contributed by atoms with E-state index in [2.05, 4.69) is 5.32 Å². The Hall–Kier alpha value is -2.08. The minimum absolute atomic E-state index is 0.0963. The minimum atomic E-state index is -1.21. The summed E-state index contributed by atoms with van der Waals surface area (Å²) in [6.45, 7) is 3.97. The molecule has 29 heavy (non-hydrogen) atoms. The minimum Gasteiger partial charge on any atom is -0.398 e. The summed E-state index contributed by atoms with van der Waals surface area (Å²) in [5, 5.41) is 3.87. The highest BCUT2D eigenvalue weighted by atomic mass is 35.5. The number of nitrogens with one attached hydrogen (secondary N) is 1. The molecule has 0 radical (unpaired) electrons. The number of halogens is 2. The highest BCUT2D eigenvalue weighted by Crippen LogP contribution is 2.47. The van der Waals surface area contributed by atoms with Crippen LogP contribution in [0.4, 0.5) is 5.69 Å². The molecule has 7 heteroatoms. The van der Waals surface area contributed by atoms with Crippen LogP contribution >= 0.6 is 23.2 Å². The quantitative estimate of drug-likeness (QED) is 0.547. The van der Waals surface area contributed by atoms with Crippen molar-refractivity contribution in [3.63, 3.8) is 0 Å². The molecular weight excluding hydrogens is 411 g/mol. The molecule has 0 spiro atoms. The molecule has 5 nitrogen and oxygen atoms in total. The predicted molar refractivity (Wildman–Crippen MR) is 115 cm³/mol. The van der Waals surface area contributed by atoms with E-state index in [4.69, 9.17) is 33.7 Å². The van der Waals surface area contributed by atoms with E-state index in [0.29, 0.717) is 21.3 Å². The molecule has 1 aliphatic heterocycles. The van der Waals surface area contributed by atoms with Gasteiger partial charge in [0.2, 0.25) is 5.91 Å². The first-order valence-corrected chi connectivity index (χ1v) is 10.2. The molecule has 1 saturated heterocycles. The molecule has 0 unspecified atom stereocenters. The van der Waals surface area contributed by atoms with Gasteiger partial charge in [0.1, 0.15) is 6.29 Å². The number of hydrogen-bond donors (Lipinski definition) is 2. The van der Waals surface area contributed by atoms with Crippen LogP contribution in [0.15, 0.2) is 42.5 Å². The number of rotatable bonds is 5. The molecule has 1 heterocycles. The maximum atomic E-state index is 12.9. The Balaban J connectivity index is 2.30. The highest BCUT2D eigenvalue weighted by Gasteiger charge is 2.52. The third-order valence-electron chi connectivity index (χ3n) is 5.35. The van der Waals surface area contributed by atoms with E-state index < -0.39 is 17.4 Å². The van der Waals surface area contributed by atoms with Crippen LogP contribution in [0.5, 0.6) is 0 Å². The summed E-state index contributed by atoms with van der Waals surface area (Å²) in [6, 6.07) is 12.3. The maximum Gasteiger partial charge on any atom is 0.220 e. The monoisotopic (exact) mass is 434 g/mol. The van der Waals surface area contributed by atoms with Gasteiger partial charge in [0.25, 0.3) is 0 Å². The Kier molecular flexibility index (Phi) is 6.52. The number of nitrogens with two attached hydrogens (primary N) is 1. The van der Waals surface area contributed by atoms with Gasteiger partial charge in [-0.05, 0) is 49.2 Å². The lowest BCUT2D eigenvalue weighted by molar-refractivity contribution is -0.122. The van der Waals surface area contributed by atoms with E-state index in [0.717, 1.165) is 11.8 Å². The average molecular weight is 435 g/mol. The molecule has 3 rings (SSSR count). The van der Waals surface area contributed by atoms with Crippen molar-refractivity contribution in [1.82, 2.24) is 5.32 Å². The van der Waals surface area contributed by atoms with Crippen LogP contribution in [0.25, 0.3) is 0 Å². The molecule has 3 N–H and O–H groups in total. The van der Waals surface area contributed by atoms with Crippen LogP contribution in [0.3, 0.4) is 0 Å². The molecule has 1 amide bonds. The molecule has 0 bridgehead atoms. The molecule has 2 aromatic carbocycles. The number of aldehydes is 1. The van der Waals surface area contributed by atoms with E-state index >= 15 is 0 Å². The Morgan fingerprint density at radius 2 is 1.93 bits per heavy atom. The van der Waals surface area contributed by atoms with Gasteiger partial charge in [0.15, 0.2) is 0 Å². The van der Waals surface area contributed by atoms with Crippen LogP contribution < -0.4 is 11.1 Å². The standard InChI is InChI=1S/C22H24Cl2N2O3/c1-13(2)29-20-11-26-21(28)10-18(14-4-3-5-15(23)8-14)22(20,12-27)17-7-6-16(24)9-19(17)25/h3-9,12-13,18,20H,10-11,25H2,1-2H3,(H,26,28)/t18-,20-,22+/m1/s1. The highest BCUT2D eigenvalue weighted by molar-refractivity contribution is 6.31. The van der Waals surface area contributed by atoms with Crippen LogP contribution in [-0.4, -0.2) is 30.9 Å². The largest absolute Gasteiger partial charge is 0.398 e. The zero-order valence-corrected chi connectivity index (χ0v) is 17.8. The normalized spacial score (nSPS) is 24.8. The number of ether oxygens (including phenoxy) is 1. The second-order valence-electron chi connectivity index (χ2n) is 7.57. The van der Waals surface area contributed by atoms with Crippen molar-refractivity contribution in [3.8, 4) is 0 Å². The Morgan fingerprint density at radius 1 is 1.21 bits per heavy atom. The second kappa shape index (κ2) is 8.74. The zero-order valence-electron chi connectivity index (χ0n) is 16.3. The fourth-order valence-electron chi connectivity index (χ4n) is 4.14. The van der Waals surface area contributed by atoms with Crippen molar-refractivity contribution in [1.29, 1.82) is 0 Å². The fourth-order valence-corrected chi connectivity index (χ4v) is 4.52. The number of carbonyl (C=O) groups is 2. The molecule has 154 valence electrons. The molecule has 1 aliphatic rings. The summed E-state index contributed by atoms with van der Waals surface area (Å²) in [5.74, 6) is -0.683. The molecule has 0 saturated carbocycles. The molecule has 1 fully saturated rings. The van der Waals surface area contributed by atoms with Gasteiger partial charge in [-0.2, -0.15) is 0 Å². The Morgan fingerprint density at radius 3 is 2.55 bits per heavy atom. The summed E-state index contributed by atoms with van der Waals surface area (Å²) in [5.41, 5.74) is 6.86. The van der Waals surface area contributed by atoms with E-state index in [1.165, 1.54) is 0 Å². The van der Waals surface area contributed by atoms with Crippen LogP contribution in [0.1, 0.15) is 37.3 Å². The smallest absolute Gasteiger partial charge is 0.220 e. The van der Waals surface area contributed by atoms with Gasteiger partial charge in [-0.15, -0.1) is 0 Å². The molecular formula is C22H24Cl2N2O3. The first-order valence-electron chi connectivity index (χ1n) is 9.47. The molecule has 3 atom stereocenters. The summed E-state index contributed by atoms with van der Waals surface area (Å²) in [6.07, 6.45) is 0.173. The van der Waals surface area contributed by atoms with Gasteiger partial charge < -0.3 is 20.6 Å². The Bertz CT molecular complexity index is 919. The maximum absolute atomic E-state index is 12.9.